The molecule has 0 aliphatic heterocycles. The molecule has 1 aliphatic rings. The molecule has 0 radical (unpaired) electrons. The summed E-state index contributed by atoms with van der Waals surface area (Å²) >= 11 is 0. The Hall–Kier alpha value is -2.94. The van der Waals surface area contributed by atoms with Crippen molar-refractivity contribution in [3.63, 3.8) is 0 Å². The summed E-state index contributed by atoms with van der Waals surface area (Å²) in [6.07, 6.45) is -3.11. The van der Waals surface area contributed by atoms with Gasteiger partial charge in [0.15, 0.2) is 0 Å². The topological polar surface area (TPSA) is 88.5 Å². The zero-order valence-electron chi connectivity index (χ0n) is 17.1. The first-order valence-corrected chi connectivity index (χ1v) is 9.81. The van der Waals surface area contributed by atoms with E-state index < -0.39 is 29.4 Å². The van der Waals surface area contributed by atoms with Gasteiger partial charge in [0, 0.05) is 6.20 Å². The smallest absolute Gasteiger partial charge is 0.417 e. The monoisotopic (exact) mass is 436 g/mol. The normalized spacial score (nSPS) is 16.1. The number of aromatic carboxylic acids is 1. The maximum absolute atomic E-state index is 12.9. The Bertz CT molecular complexity index is 937. The first kappa shape index (κ1) is 22.7. The van der Waals surface area contributed by atoms with E-state index in [0.717, 1.165) is 30.7 Å². The van der Waals surface area contributed by atoms with Crippen LogP contribution >= 0.6 is 0 Å². The number of nitrogens with zero attached hydrogens (tertiary/aromatic N) is 1. The van der Waals surface area contributed by atoms with Crippen LogP contribution in [-0.4, -0.2) is 28.1 Å². The number of alkyl halides is 3. The van der Waals surface area contributed by atoms with E-state index >= 15 is 0 Å². The number of carbonyl (C=O) groups is 2. The van der Waals surface area contributed by atoms with Crippen LogP contribution in [0.3, 0.4) is 0 Å². The van der Waals surface area contributed by atoms with Gasteiger partial charge in [-0.25, -0.2) is 4.79 Å². The SMILES string of the molecule is CC(C)C(OCc1ccc(C(F)(F)F)cn1)C(=O)NC1(c2ccc(C(=O)O)cc2)CC1. The molecule has 1 amide bonds. The highest BCUT2D eigenvalue weighted by Crippen LogP contribution is 2.45. The molecule has 1 aromatic heterocycles. The lowest BCUT2D eigenvalue weighted by atomic mass is 10.0. The lowest BCUT2D eigenvalue weighted by Crippen LogP contribution is -2.44. The van der Waals surface area contributed by atoms with Crippen molar-refractivity contribution in [2.24, 2.45) is 5.92 Å². The van der Waals surface area contributed by atoms with Crippen LogP contribution in [-0.2, 0) is 27.9 Å². The summed E-state index contributed by atoms with van der Waals surface area (Å²) in [5.74, 6) is -1.54. The molecule has 1 unspecified atom stereocenters. The average molecular weight is 436 g/mol. The van der Waals surface area contributed by atoms with Crippen molar-refractivity contribution < 1.29 is 32.6 Å². The van der Waals surface area contributed by atoms with Gasteiger partial charge >= 0.3 is 12.1 Å². The number of nitrogens with one attached hydrogen (secondary N) is 1. The van der Waals surface area contributed by atoms with Gasteiger partial charge in [-0.1, -0.05) is 26.0 Å². The fraction of sp³-hybridized carbons (Fsp3) is 0.409. The number of carboxylic acids is 1. The van der Waals surface area contributed by atoms with Gasteiger partial charge in [0.1, 0.15) is 6.10 Å². The number of amides is 1. The second-order valence-electron chi connectivity index (χ2n) is 7.97. The average Bonchev–Trinajstić information content (AvgIpc) is 3.48. The van der Waals surface area contributed by atoms with Crippen molar-refractivity contribution in [1.82, 2.24) is 10.3 Å². The van der Waals surface area contributed by atoms with Crippen LogP contribution < -0.4 is 5.32 Å². The second-order valence-corrected chi connectivity index (χ2v) is 7.97. The fourth-order valence-electron chi connectivity index (χ4n) is 3.27. The molecule has 1 aliphatic carbocycles. The highest BCUT2D eigenvalue weighted by molar-refractivity contribution is 5.87. The zero-order chi connectivity index (χ0) is 22.8. The molecule has 1 fully saturated rings. The third-order valence-electron chi connectivity index (χ3n) is 5.22. The van der Waals surface area contributed by atoms with E-state index in [1.54, 1.807) is 12.1 Å². The standard InChI is InChI=1S/C22H23F3N2O4/c1-13(2)18(31-12-17-8-7-16(11-26-17)22(23,24)25)19(28)27-21(9-10-21)15-5-3-14(4-6-15)20(29)30/h3-8,11,13,18H,9-10,12H2,1-2H3,(H,27,28)(H,29,30). The van der Waals surface area contributed by atoms with Crippen molar-refractivity contribution in [2.45, 2.75) is 51.1 Å². The van der Waals surface area contributed by atoms with E-state index in [1.807, 2.05) is 13.8 Å². The maximum atomic E-state index is 12.9. The van der Waals surface area contributed by atoms with Gasteiger partial charge in [0.2, 0.25) is 5.91 Å². The number of halogens is 3. The molecular formula is C22H23F3N2O4. The van der Waals surface area contributed by atoms with Crippen LogP contribution in [0.15, 0.2) is 42.6 Å². The van der Waals surface area contributed by atoms with Crippen LogP contribution in [0.1, 0.15) is 53.9 Å². The molecule has 1 atom stereocenters. The number of pyridine rings is 1. The highest BCUT2D eigenvalue weighted by Gasteiger charge is 2.47. The summed E-state index contributed by atoms with van der Waals surface area (Å²) in [7, 11) is 0. The molecule has 1 heterocycles. The minimum Gasteiger partial charge on any atom is -0.478 e. The summed E-state index contributed by atoms with van der Waals surface area (Å²) in [5, 5.41) is 12.0. The molecular weight excluding hydrogens is 413 g/mol. The van der Waals surface area contributed by atoms with Crippen LogP contribution in [0.25, 0.3) is 0 Å². The van der Waals surface area contributed by atoms with Gasteiger partial charge in [-0.15, -0.1) is 0 Å². The molecule has 0 spiro atoms. The van der Waals surface area contributed by atoms with Crippen LogP contribution in [0, 0.1) is 5.92 Å². The Labute approximate surface area is 177 Å². The Morgan fingerprint density at radius 3 is 2.26 bits per heavy atom. The van der Waals surface area contributed by atoms with Crippen molar-refractivity contribution >= 4 is 11.9 Å². The molecule has 166 valence electrons. The lowest BCUT2D eigenvalue weighted by molar-refractivity contribution is -0.138. The molecule has 1 saturated carbocycles. The van der Waals surface area contributed by atoms with Crippen LogP contribution in [0.5, 0.6) is 0 Å². The van der Waals surface area contributed by atoms with Gasteiger partial charge in [-0.3, -0.25) is 9.78 Å². The van der Waals surface area contributed by atoms with Gasteiger partial charge in [-0.2, -0.15) is 13.2 Å². The third-order valence-corrected chi connectivity index (χ3v) is 5.22. The Morgan fingerprint density at radius 1 is 1.16 bits per heavy atom. The third kappa shape index (κ3) is 5.41. The number of hydrogen-bond donors (Lipinski definition) is 2. The van der Waals surface area contributed by atoms with Crippen LogP contribution in [0.4, 0.5) is 13.2 Å². The van der Waals surface area contributed by atoms with Crippen molar-refractivity contribution in [3.05, 3.63) is 65.0 Å². The summed E-state index contributed by atoms with van der Waals surface area (Å²) in [4.78, 5) is 27.7. The van der Waals surface area contributed by atoms with E-state index in [9.17, 15) is 22.8 Å². The summed E-state index contributed by atoms with van der Waals surface area (Å²) in [5.41, 5.74) is -0.135. The molecule has 3 rings (SSSR count). The first-order chi connectivity index (χ1) is 14.5. The summed E-state index contributed by atoms with van der Waals surface area (Å²) in [6.45, 7) is 3.52. The first-order valence-electron chi connectivity index (χ1n) is 9.81. The summed E-state index contributed by atoms with van der Waals surface area (Å²) < 4.78 is 43.7. The molecule has 6 nitrogen and oxygen atoms in total. The number of ether oxygens (including phenoxy) is 1. The minimum absolute atomic E-state index is 0.102. The fourth-order valence-corrected chi connectivity index (χ4v) is 3.27. The predicted molar refractivity (Wildman–Crippen MR) is 105 cm³/mol. The molecule has 0 bridgehead atoms. The van der Waals surface area contributed by atoms with Gasteiger partial charge in [0.25, 0.3) is 0 Å². The summed E-state index contributed by atoms with van der Waals surface area (Å²) in [6, 6.07) is 8.52. The largest absolute Gasteiger partial charge is 0.478 e. The zero-order valence-corrected chi connectivity index (χ0v) is 17.1. The number of carboxylic acid groups (broad SMARTS) is 1. The highest BCUT2D eigenvalue weighted by atomic mass is 19.4. The number of hydrogen-bond acceptors (Lipinski definition) is 4. The minimum atomic E-state index is -4.46. The quantitative estimate of drug-likeness (QED) is 0.649. The van der Waals surface area contributed by atoms with Crippen molar-refractivity contribution in [2.75, 3.05) is 0 Å². The van der Waals surface area contributed by atoms with E-state index in [-0.39, 0.29) is 29.7 Å². The van der Waals surface area contributed by atoms with Gasteiger partial charge in [-0.05, 0) is 48.6 Å². The molecule has 2 aromatic rings. The predicted octanol–water partition coefficient (Wildman–Crippen LogP) is 4.15. The Balaban J connectivity index is 1.64. The van der Waals surface area contributed by atoms with Crippen molar-refractivity contribution in [3.8, 4) is 0 Å². The van der Waals surface area contributed by atoms with Crippen molar-refractivity contribution in [1.29, 1.82) is 0 Å². The van der Waals surface area contributed by atoms with E-state index in [4.69, 9.17) is 9.84 Å². The van der Waals surface area contributed by atoms with E-state index in [0.29, 0.717) is 0 Å². The molecule has 9 heteroatoms. The number of rotatable bonds is 8. The molecule has 2 N–H and O–H groups in total. The van der Waals surface area contributed by atoms with Crippen LogP contribution in [0.2, 0.25) is 0 Å². The Kier molecular flexibility index (Phi) is 6.35. The molecule has 1 aromatic carbocycles. The maximum Gasteiger partial charge on any atom is 0.417 e. The Morgan fingerprint density at radius 2 is 1.81 bits per heavy atom. The van der Waals surface area contributed by atoms with E-state index in [1.165, 1.54) is 18.2 Å². The molecule has 0 saturated heterocycles. The van der Waals surface area contributed by atoms with Gasteiger partial charge in [0.05, 0.1) is 29.0 Å². The lowest BCUT2D eigenvalue weighted by Gasteiger charge is -2.25. The number of aromatic nitrogens is 1. The van der Waals surface area contributed by atoms with E-state index in [2.05, 4.69) is 10.3 Å². The second kappa shape index (κ2) is 8.66. The molecule has 31 heavy (non-hydrogen) atoms. The number of benzene rings is 1. The van der Waals surface area contributed by atoms with Gasteiger partial charge < -0.3 is 15.2 Å². The number of carbonyl (C=O) groups excluding carboxylic acids is 1.